The molecule has 0 spiro atoms. The molecule has 3 rings (SSSR count). The maximum absolute atomic E-state index is 13.3. The summed E-state index contributed by atoms with van der Waals surface area (Å²) in [5.74, 6) is -5.06. The lowest BCUT2D eigenvalue weighted by Gasteiger charge is -2.18. The fourth-order valence-corrected chi connectivity index (χ4v) is 4.76. The number of aliphatic hydroxyl groups is 1. The lowest BCUT2D eigenvalue weighted by atomic mass is 9.99. The number of carbonyl (C=O) groups excluding carboxylic acids is 1. The van der Waals surface area contributed by atoms with Crippen molar-refractivity contribution < 1.29 is 36.6 Å². The van der Waals surface area contributed by atoms with Gasteiger partial charge in [0.05, 0.1) is 24.8 Å². The molecule has 0 aliphatic heterocycles. The summed E-state index contributed by atoms with van der Waals surface area (Å²) in [4.78, 5) is 12.6. The summed E-state index contributed by atoms with van der Waals surface area (Å²) in [6.07, 6.45) is 0. The van der Waals surface area contributed by atoms with Crippen LogP contribution in [-0.2, 0) is 14.8 Å². The second kappa shape index (κ2) is 11.9. The smallest absolute Gasteiger partial charge is 0.408 e. The molecule has 3 aromatic rings. The van der Waals surface area contributed by atoms with Crippen LogP contribution in [0.2, 0.25) is 0 Å². The number of benzene rings is 3. The van der Waals surface area contributed by atoms with Crippen molar-refractivity contribution in [1.82, 2.24) is 0 Å². The van der Waals surface area contributed by atoms with Gasteiger partial charge in [0.25, 0.3) is 10.0 Å². The van der Waals surface area contributed by atoms with E-state index >= 15 is 0 Å². The van der Waals surface area contributed by atoms with Gasteiger partial charge in [0.15, 0.2) is 0 Å². The Morgan fingerprint density at radius 3 is 2.32 bits per heavy atom. The van der Waals surface area contributed by atoms with Crippen LogP contribution >= 0.6 is 9.24 Å². The van der Waals surface area contributed by atoms with Crippen molar-refractivity contribution >= 4 is 36.5 Å². The van der Waals surface area contributed by atoms with Crippen LogP contribution in [0.5, 0.6) is 11.5 Å². The second-order valence-electron chi connectivity index (χ2n) is 7.98. The van der Waals surface area contributed by atoms with Gasteiger partial charge in [-0.2, -0.15) is 8.78 Å². The molecule has 0 aliphatic rings. The zero-order valence-electron chi connectivity index (χ0n) is 20.1. The molecule has 3 N–H and O–H groups in total. The van der Waals surface area contributed by atoms with Gasteiger partial charge < -0.3 is 19.9 Å². The van der Waals surface area contributed by atoms with Crippen LogP contribution in [0.25, 0.3) is 0 Å². The Hall–Kier alpha value is -3.27. The van der Waals surface area contributed by atoms with Crippen molar-refractivity contribution in [3.63, 3.8) is 0 Å². The largest absolute Gasteiger partial charge is 0.492 e. The maximum Gasteiger partial charge on any atom is 0.408 e. The summed E-state index contributed by atoms with van der Waals surface area (Å²) in [6.45, 7) is 2.92. The van der Waals surface area contributed by atoms with Crippen LogP contribution in [0.4, 0.5) is 20.2 Å². The highest BCUT2D eigenvalue weighted by Gasteiger charge is 2.26. The first-order valence-electron chi connectivity index (χ1n) is 11.2. The third-order valence-corrected chi connectivity index (χ3v) is 6.73. The number of hydrogen-bond acceptors (Lipinski definition) is 6. The molecule has 0 radical (unpaired) electrons. The normalized spacial score (nSPS) is 12.5. The number of aryl methyl sites for hydroxylation is 1. The molecule has 0 bridgehead atoms. The first-order valence-corrected chi connectivity index (χ1v) is 13.2. The van der Waals surface area contributed by atoms with Gasteiger partial charge in [-0.25, -0.2) is 8.42 Å². The SMILES string of the molecule is CCOc1cc(NC(=O)[C@@H](CO)c2ccccc2)ccc1S(=O)(=O)Nc1ccc(C)c(OC(F)(F)P)c1. The summed E-state index contributed by atoms with van der Waals surface area (Å²) >= 11 is 0. The standard InChI is InChI=1S/C25H27F2N2O6PS/c1-3-34-22-13-18(28-24(31)20(15-30)17-7-5-4-6-8-17)11-12-23(22)37(32,33)29-19-10-9-16(2)21(14-19)35-25(26,27)36/h4-14,20,29-30H,3,15,36H2,1-2H3,(H,28,31)/t20-/m0/s1. The second-order valence-corrected chi connectivity index (χ2v) is 10.3. The molecule has 0 aromatic heterocycles. The van der Waals surface area contributed by atoms with E-state index in [1.165, 1.54) is 39.6 Å². The van der Waals surface area contributed by atoms with Gasteiger partial charge in [0.1, 0.15) is 16.4 Å². The van der Waals surface area contributed by atoms with Crippen LogP contribution in [-0.4, -0.2) is 38.5 Å². The number of halogens is 2. The molecule has 3 aromatic carbocycles. The highest BCUT2D eigenvalue weighted by molar-refractivity contribution is 7.92. The van der Waals surface area contributed by atoms with E-state index in [9.17, 15) is 27.1 Å². The van der Waals surface area contributed by atoms with Crippen LogP contribution in [0, 0.1) is 6.92 Å². The molecule has 198 valence electrons. The molecular formula is C25H27F2N2O6PS. The average molecular weight is 553 g/mol. The van der Waals surface area contributed by atoms with Crippen molar-refractivity contribution in [2.75, 3.05) is 23.3 Å². The Bertz CT molecular complexity index is 1350. The molecule has 0 saturated heterocycles. The van der Waals surface area contributed by atoms with E-state index in [-0.39, 0.29) is 34.4 Å². The number of carbonyl (C=O) groups is 1. The number of nitrogens with one attached hydrogen (secondary N) is 2. The molecule has 8 nitrogen and oxygen atoms in total. The van der Waals surface area contributed by atoms with Crippen LogP contribution in [0.1, 0.15) is 24.0 Å². The average Bonchev–Trinajstić information content (AvgIpc) is 2.81. The van der Waals surface area contributed by atoms with E-state index in [2.05, 4.69) is 14.8 Å². The summed E-state index contributed by atoms with van der Waals surface area (Å²) in [6, 6.07) is 16.7. The molecule has 1 amide bonds. The van der Waals surface area contributed by atoms with E-state index < -0.39 is 34.3 Å². The number of rotatable bonds is 11. The molecule has 0 aliphatic carbocycles. The van der Waals surface area contributed by atoms with Crippen LogP contribution < -0.4 is 19.5 Å². The zero-order valence-corrected chi connectivity index (χ0v) is 22.0. The molecule has 0 heterocycles. The van der Waals surface area contributed by atoms with E-state index in [1.54, 1.807) is 44.2 Å². The van der Waals surface area contributed by atoms with Gasteiger partial charge in [-0.15, -0.1) is 0 Å². The number of hydrogen-bond donors (Lipinski definition) is 3. The lowest BCUT2D eigenvalue weighted by Crippen LogP contribution is -2.24. The fourth-order valence-electron chi connectivity index (χ4n) is 3.46. The summed E-state index contributed by atoms with van der Waals surface area (Å²) in [5, 5.41) is 12.4. The van der Waals surface area contributed by atoms with Gasteiger partial charge >= 0.3 is 5.85 Å². The Morgan fingerprint density at radius 2 is 1.70 bits per heavy atom. The van der Waals surface area contributed by atoms with E-state index in [0.29, 0.717) is 11.1 Å². The zero-order chi connectivity index (χ0) is 27.2. The third kappa shape index (κ3) is 7.61. The molecule has 1 unspecified atom stereocenters. The fraction of sp³-hybridized carbons (Fsp3) is 0.240. The minimum atomic E-state index is -4.22. The number of aliphatic hydroxyl groups excluding tert-OH is 1. The highest BCUT2D eigenvalue weighted by atomic mass is 32.2. The van der Waals surface area contributed by atoms with Crippen molar-refractivity contribution in [2.24, 2.45) is 0 Å². The predicted molar refractivity (Wildman–Crippen MR) is 140 cm³/mol. The van der Waals surface area contributed by atoms with Gasteiger partial charge in [-0.05, 0) is 52.4 Å². The molecule has 0 fully saturated rings. The number of ether oxygens (including phenoxy) is 2. The Labute approximate surface area is 216 Å². The van der Waals surface area contributed by atoms with Crippen molar-refractivity contribution in [3.8, 4) is 11.5 Å². The number of sulfonamides is 1. The molecule has 37 heavy (non-hydrogen) atoms. The van der Waals surface area contributed by atoms with Gasteiger partial charge in [0, 0.05) is 17.8 Å². The predicted octanol–water partition coefficient (Wildman–Crippen LogP) is 4.71. The topological polar surface area (TPSA) is 114 Å². The molecule has 0 saturated carbocycles. The van der Waals surface area contributed by atoms with Gasteiger partial charge in [-0.3, -0.25) is 9.52 Å². The van der Waals surface area contributed by atoms with E-state index in [4.69, 9.17) is 4.74 Å². The number of alkyl halides is 2. The Morgan fingerprint density at radius 1 is 1.05 bits per heavy atom. The first kappa shape index (κ1) is 28.3. The van der Waals surface area contributed by atoms with Crippen molar-refractivity contribution in [3.05, 3.63) is 77.9 Å². The van der Waals surface area contributed by atoms with Crippen molar-refractivity contribution in [2.45, 2.75) is 30.5 Å². The number of amides is 1. The minimum absolute atomic E-state index is 0.00308. The van der Waals surface area contributed by atoms with Crippen LogP contribution in [0.15, 0.2) is 71.6 Å². The van der Waals surface area contributed by atoms with Crippen molar-refractivity contribution in [1.29, 1.82) is 0 Å². The summed E-state index contributed by atoms with van der Waals surface area (Å²) < 4.78 is 65.3. The maximum atomic E-state index is 13.3. The summed E-state index contributed by atoms with van der Waals surface area (Å²) in [7, 11) is -2.97. The Balaban J connectivity index is 1.86. The summed E-state index contributed by atoms with van der Waals surface area (Å²) in [5.41, 5.74) is 1.27. The monoisotopic (exact) mass is 552 g/mol. The Kier molecular flexibility index (Phi) is 9.07. The van der Waals surface area contributed by atoms with E-state index in [0.717, 1.165) is 6.07 Å². The quantitative estimate of drug-likeness (QED) is 0.297. The number of anilines is 2. The lowest BCUT2D eigenvalue weighted by molar-refractivity contribution is -0.118. The van der Waals surface area contributed by atoms with Gasteiger partial charge in [-0.1, -0.05) is 36.4 Å². The first-order chi connectivity index (χ1) is 17.4. The molecular weight excluding hydrogens is 525 g/mol. The molecule has 12 heteroatoms. The third-order valence-electron chi connectivity index (χ3n) is 5.19. The van der Waals surface area contributed by atoms with E-state index in [1.807, 2.05) is 0 Å². The highest BCUT2D eigenvalue weighted by Crippen LogP contribution is 2.34. The minimum Gasteiger partial charge on any atom is -0.492 e. The van der Waals surface area contributed by atoms with Gasteiger partial charge in [0.2, 0.25) is 5.91 Å². The van der Waals surface area contributed by atoms with Crippen LogP contribution in [0.3, 0.4) is 0 Å². The molecule has 2 atom stereocenters.